The summed E-state index contributed by atoms with van der Waals surface area (Å²) in [6.07, 6.45) is 3.73. The number of benzene rings is 3. The van der Waals surface area contributed by atoms with Gasteiger partial charge in [-0.3, -0.25) is 4.79 Å². The molecule has 3 aromatic carbocycles. The van der Waals surface area contributed by atoms with Crippen LogP contribution >= 0.6 is 0 Å². The summed E-state index contributed by atoms with van der Waals surface area (Å²) in [5.74, 6) is 0.663. The molecular formula is C31H30N2O5. The smallest absolute Gasteiger partial charge is 0.339 e. The van der Waals surface area contributed by atoms with Crippen molar-refractivity contribution in [1.82, 2.24) is 0 Å². The number of fused-ring (bicyclic) bond motifs is 7. The van der Waals surface area contributed by atoms with E-state index in [2.05, 4.69) is 41.0 Å². The number of amides is 1. The maximum Gasteiger partial charge on any atom is 0.339 e. The molecule has 0 spiro atoms. The van der Waals surface area contributed by atoms with E-state index in [0.717, 1.165) is 5.69 Å². The summed E-state index contributed by atoms with van der Waals surface area (Å²) in [4.78, 5) is 37.9. The van der Waals surface area contributed by atoms with Crippen LogP contribution in [0.1, 0.15) is 73.4 Å². The van der Waals surface area contributed by atoms with Crippen LogP contribution in [0, 0.1) is 17.8 Å². The Morgan fingerprint density at radius 1 is 0.842 bits per heavy atom. The highest BCUT2D eigenvalue weighted by molar-refractivity contribution is 6.09. The van der Waals surface area contributed by atoms with E-state index in [1.807, 2.05) is 12.1 Å². The maximum absolute atomic E-state index is 13.5. The molecule has 2 bridgehead atoms. The standard InChI is InChI=1S/C31H30N2O5/c1-37-30(35)21-10-12-22(31(36)38-2)25(16-21)33-29(34)20-11-13-24-23(15-20)26-18-8-9-19(14-18)27(26)28(32-24)17-6-4-3-5-7-17/h3-7,10-13,15-16,18-19,26-28,32H,8-9,14H2,1-2H3,(H,33,34)/t18-,19-,26-,27+,28-/m0/s1. The lowest BCUT2D eigenvalue weighted by atomic mass is 9.68. The van der Waals surface area contributed by atoms with Gasteiger partial charge in [-0.25, -0.2) is 9.59 Å². The summed E-state index contributed by atoms with van der Waals surface area (Å²) in [5.41, 5.74) is 4.66. The Kier molecular flexibility index (Phi) is 6.14. The topological polar surface area (TPSA) is 93.7 Å². The molecule has 0 unspecified atom stereocenters. The second-order valence-corrected chi connectivity index (χ2v) is 10.5. The molecule has 0 saturated heterocycles. The van der Waals surface area contributed by atoms with Gasteiger partial charge in [0, 0.05) is 11.3 Å². The minimum atomic E-state index is -0.608. The van der Waals surface area contributed by atoms with E-state index in [1.54, 1.807) is 6.07 Å². The third kappa shape index (κ3) is 4.02. The SMILES string of the molecule is COC(=O)c1ccc(C(=O)OC)c(NC(=O)c2ccc3c(c2)[C@@H]2[C@H]4CC[C@@H](C4)[C@H]2[C@H](c2ccccc2)N3)c1. The number of anilines is 2. The van der Waals surface area contributed by atoms with Gasteiger partial charge in [0.25, 0.3) is 5.91 Å². The van der Waals surface area contributed by atoms with Gasteiger partial charge in [0.05, 0.1) is 37.1 Å². The van der Waals surface area contributed by atoms with Crippen molar-refractivity contribution in [3.05, 3.63) is 94.5 Å². The number of carbonyl (C=O) groups is 3. The molecular weight excluding hydrogens is 480 g/mol. The lowest BCUT2D eigenvalue weighted by Crippen LogP contribution is -2.35. The Morgan fingerprint density at radius 2 is 1.58 bits per heavy atom. The highest BCUT2D eigenvalue weighted by Gasteiger charge is 2.53. The van der Waals surface area contributed by atoms with Gasteiger partial charge in [0.15, 0.2) is 0 Å². The summed E-state index contributed by atoms with van der Waals surface area (Å²) in [7, 11) is 2.55. The van der Waals surface area contributed by atoms with Crippen molar-refractivity contribution >= 4 is 29.2 Å². The molecule has 7 nitrogen and oxygen atoms in total. The van der Waals surface area contributed by atoms with Crippen molar-refractivity contribution < 1.29 is 23.9 Å². The average molecular weight is 511 g/mol. The van der Waals surface area contributed by atoms with Gasteiger partial charge in [-0.2, -0.15) is 0 Å². The molecule has 3 aromatic rings. The van der Waals surface area contributed by atoms with E-state index in [1.165, 1.54) is 62.8 Å². The Hall–Kier alpha value is -4.13. The van der Waals surface area contributed by atoms with Gasteiger partial charge in [-0.05, 0) is 90.5 Å². The van der Waals surface area contributed by atoms with Crippen molar-refractivity contribution in [2.24, 2.45) is 17.8 Å². The summed E-state index contributed by atoms with van der Waals surface area (Å²) < 4.78 is 9.67. The summed E-state index contributed by atoms with van der Waals surface area (Å²) in [6, 6.07) is 21.1. The predicted molar refractivity (Wildman–Crippen MR) is 143 cm³/mol. The van der Waals surface area contributed by atoms with Crippen LogP contribution in [-0.2, 0) is 9.47 Å². The van der Waals surface area contributed by atoms with Gasteiger partial charge in [-0.1, -0.05) is 30.3 Å². The number of carbonyl (C=O) groups excluding carboxylic acids is 3. The Morgan fingerprint density at radius 3 is 2.34 bits per heavy atom. The molecule has 5 atom stereocenters. The molecule has 1 aliphatic heterocycles. The first-order chi connectivity index (χ1) is 18.5. The molecule has 7 heteroatoms. The second kappa shape index (κ2) is 9.63. The van der Waals surface area contributed by atoms with Gasteiger partial charge < -0.3 is 20.1 Å². The van der Waals surface area contributed by atoms with Crippen molar-refractivity contribution in [2.75, 3.05) is 24.9 Å². The first-order valence-corrected chi connectivity index (χ1v) is 13.1. The van der Waals surface area contributed by atoms with Crippen LogP contribution in [0.4, 0.5) is 11.4 Å². The van der Waals surface area contributed by atoms with E-state index < -0.39 is 11.9 Å². The molecule has 38 heavy (non-hydrogen) atoms. The molecule has 0 aromatic heterocycles. The number of esters is 2. The minimum Gasteiger partial charge on any atom is -0.465 e. The molecule has 6 rings (SSSR count). The van der Waals surface area contributed by atoms with E-state index in [9.17, 15) is 14.4 Å². The van der Waals surface area contributed by atoms with E-state index in [0.29, 0.717) is 29.2 Å². The fraction of sp³-hybridized carbons (Fsp3) is 0.323. The van der Waals surface area contributed by atoms with E-state index >= 15 is 0 Å². The number of ether oxygens (including phenoxy) is 2. The third-order valence-electron chi connectivity index (χ3n) is 8.60. The molecule has 2 N–H and O–H groups in total. The van der Waals surface area contributed by atoms with Gasteiger partial charge in [0.2, 0.25) is 0 Å². The predicted octanol–water partition coefficient (Wildman–Crippen LogP) is 5.81. The molecule has 1 amide bonds. The van der Waals surface area contributed by atoms with Crippen LogP contribution in [0.15, 0.2) is 66.7 Å². The van der Waals surface area contributed by atoms with Crippen molar-refractivity contribution in [2.45, 2.75) is 31.2 Å². The molecule has 2 fully saturated rings. The zero-order valence-corrected chi connectivity index (χ0v) is 21.4. The van der Waals surface area contributed by atoms with Crippen LogP contribution in [0.2, 0.25) is 0 Å². The molecule has 3 aliphatic rings. The zero-order chi connectivity index (χ0) is 26.4. The number of rotatable bonds is 5. The number of nitrogens with one attached hydrogen (secondary N) is 2. The maximum atomic E-state index is 13.5. The fourth-order valence-corrected chi connectivity index (χ4v) is 6.99. The number of hydrogen-bond donors (Lipinski definition) is 2. The fourth-order valence-electron chi connectivity index (χ4n) is 6.99. The first-order valence-electron chi connectivity index (χ1n) is 13.1. The molecule has 194 valence electrons. The zero-order valence-electron chi connectivity index (χ0n) is 21.4. The van der Waals surface area contributed by atoms with Gasteiger partial charge in [-0.15, -0.1) is 0 Å². The lowest BCUT2D eigenvalue weighted by Gasteiger charge is -2.43. The highest BCUT2D eigenvalue weighted by atomic mass is 16.5. The van der Waals surface area contributed by atoms with Crippen molar-refractivity contribution in [1.29, 1.82) is 0 Å². The minimum absolute atomic E-state index is 0.159. The lowest BCUT2D eigenvalue weighted by molar-refractivity contribution is 0.0587. The average Bonchev–Trinajstić information content (AvgIpc) is 3.59. The van der Waals surface area contributed by atoms with E-state index in [-0.39, 0.29) is 28.8 Å². The van der Waals surface area contributed by atoms with Crippen LogP contribution in [0.25, 0.3) is 0 Å². The largest absolute Gasteiger partial charge is 0.465 e. The Labute approximate surface area is 221 Å². The molecule has 2 aliphatic carbocycles. The molecule has 2 saturated carbocycles. The van der Waals surface area contributed by atoms with Crippen LogP contribution in [0.5, 0.6) is 0 Å². The third-order valence-corrected chi connectivity index (χ3v) is 8.60. The van der Waals surface area contributed by atoms with Crippen LogP contribution < -0.4 is 10.6 Å². The normalized spacial score (nSPS) is 24.5. The van der Waals surface area contributed by atoms with Crippen LogP contribution in [-0.4, -0.2) is 32.1 Å². The molecule has 1 heterocycles. The molecule has 0 radical (unpaired) electrons. The van der Waals surface area contributed by atoms with Crippen molar-refractivity contribution in [3.63, 3.8) is 0 Å². The van der Waals surface area contributed by atoms with Crippen LogP contribution in [0.3, 0.4) is 0 Å². The second-order valence-electron chi connectivity index (χ2n) is 10.5. The van der Waals surface area contributed by atoms with Gasteiger partial charge in [0.1, 0.15) is 0 Å². The Bertz CT molecular complexity index is 1420. The Balaban J connectivity index is 1.33. The quantitative estimate of drug-likeness (QED) is 0.421. The highest BCUT2D eigenvalue weighted by Crippen LogP contribution is 2.63. The van der Waals surface area contributed by atoms with Crippen molar-refractivity contribution in [3.8, 4) is 0 Å². The van der Waals surface area contributed by atoms with Gasteiger partial charge >= 0.3 is 11.9 Å². The number of hydrogen-bond acceptors (Lipinski definition) is 6. The number of methoxy groups -OCH3 is 2. The monoisotopic (exact) mass is 510 g/mol. The first kappa shape index (κ1) is 24.2. The van der Waals surface area contributed by atoms with E-state index in [4.69, 9.17) is 9.47 Å². The summed E-state index contributed by atoms with van der Waals surface area (Å²) >= 11 is 0. The summed E-state index contributed by atoms with van der Waals surface area (Å²) in [6.45, 7) is 0. The summed E-state index contributed by atoms with van der Waals surface area (Å²) in [5, 5.41) is 6.63.